The Morgan fingerprint density at radius 1 is 1.15 bits per heavy atom. The van der Waals surface area contributed by atoms with Crippen LogP contribution in [0.15, 0.2) is 48.5 Å². The molecule has 0 heterocycles. The van der Waals surface area contributed by atoms with Gasteiger partial charge in [0.05, 0.1) is 5.41 Å². The van der Waals surface area contributed by atoms with Crippen LogP contribution < -0.4 is 5.32 Å². The van der Waals surface area contributed by atoms with Crippen LogP contribution in [0.1, 0.15) is 19.4 Å². The van der Waals surface area contributed by atoms with E-state index in [4.69, 9.17) is 11.6 Å². The monoisotopic (exact) mass is 291 g/mol. The van der Waals surface area contributed by atoms with E-state index in [0.717, 1.165) is 5.56 Å². The number of amides is 1. The van der Waals surface area contributed by atoms with Crippen molar-refractivity contribution >= 4 is 23.2 Å². The lowest BCUT2D eigenvalue weighted by Crippen LogP contribution is -2.34. The summed E-state index contributed by atoms with van der Waals surface area (Å²) in [7, 11) is 0. The van der Waals surface area contributed by atoms with Gasteiger partial charge in [0.1, 0.15) is 5.82 Å². The zero-order valence-electron chi connectivity index (χ0n) is 11.3. The van der Waals surface area contributed by atoms with Crippen molar-refractivity contribution in [3.63, 3.8) is 0 Å². The van der Waals surface area contributed by atoms with E-state index in [1.165, 1.54) is 12.1 Å². The maximum absolute atomic E-state index is 13.0. The van der Waals surface area contributed by atoms with Gasteiger partial charge in [0.15, 0.2) is 0 Å². The van der Waals surface area contributed by atoms with Gasteiger partial charge in [0.25, 0.3) is 0 Å². The lowest BCUT2D eigenvalue weighted by Gasteiger charge is -2.24. The molecule has 2 nitrogen and oxygen atoms in total. The molecule has 0 atom stereocenters. The van der Waals surface area contributed by atoms with Gasteiger partial charge in [-0.25, -0.2) is 4.39 Å². The summed E-state index contributed by atoms with van der Waals surface area (Å²) >= 11 is 5.88. The number of hydrogen-bond donors (Lipinski definition) is 1. The Bertz CT molecular complexity index is 623. The Balaban J connectivity index is 2.21. The van der Waals surface area contributed by atoms with Crippen LogP contribution in [0.5, 0.6) is 0 Å². The Morgan fingerprint density at radius 3 is 2.40 bits per heavy atom. The van der Waals surface area contributed by atoms with Gasteiger partial charge in [-0.05, 0) is 49.7 Å². The van der Waals surface area contributed by atoms with Gasteiger partial charge in [0.2, 0.25) is 5.91 Å². The third kappa shape index (κ3) is 3.17. The van der Waals surface area contributed by atoms with E-state index in [-0.39, 0.29) is 11.7 Å². The van der Waals surface area contributed by atoms with Gasteiger partial charge in [0, 0.05) is 10.7 Å². The Kier molecular flexibility index (Phi) is 4.09. The first-order valence-electron chi connectivity index (χ1n) is 6.22. The number of halogens is 2. The highest BCUT2D eigenvalue weighted by Crippen LogP contribution is 2.26. The first-order valence-corrected chi connectivity index (χ1v) is 6.60. The third-order valence-electron chi connectivity index (χ3n) is 3.22. The number of carbonyl (C=O) groups excluding carboxylic acids is 1. The molecular weight excluding hydrogens is 277 g/mol. The van der Waals surface area contributed by atoms with Crippen molar-refractivity contribution in [1.29, 1.82) is 0 Å². The van der Waals surface area contributed by atoms with Crippen LogP contribution >= 0.6 is 11.6 Å². The van der Waals surface area contributed by atoms with Crippen LogP contribution in [0.2, 0.25) is 5.02 Å². The van der Waals surface area contributed by atoms with Crippen LogP contribution in [-0.4, -0.2) is 5.91 Å². The van der Waals surface area contributed by atoms with E-state index < -0.39 is 5.41 Å². The summed E-state index contributed by atoms with van der Waals surface area (Å²) in [5.74, 6) is -0.494. The van der Waals surface area contributed by atoms with Gasteiger partial charge in [-0.2, -0.15) is 0 Å². The molecule has 0 saturated heterocycles. The number of rotatable bonds is 3. The second-order valence-corrected chi connectivity index (χ2v) is 5.53. The molecule has 0 saturated carbocycles. The van der Waals surface area contributed by atoms with Crippen molar-refractivity contribution in [3.8, 4) is 0 Å². The van der Waals surface area contributed by atoms with Gasteiger partial charge in [-0.15, -0.1) is 0 Å². The summed E-state index contributed by atoms with van der Waals surface area (Å²) in [5, 5.41) is 3.38. The second-order valence-electron chi connectivity index (χ2n) is 5.10. The van der Waals surface area contributed by atoms with E-state index in [9.17, 15) is 9.18 Å². The van der Waals surface area contributed by atoms with E-state index >= 15 is 0 Å². The topological polar surface area (TPSA) is 29.1 Å². The molecule has 0 bridgehead atoms. The summed E-state index contributed by atoms with van der Waals surface area (Å²) in [6.45, 7) is 3.58. The van der Waals surface area contributed by atoms with Crippen LogP contribution in [0, 0.1) is 5.82 Å². The van der Waals surface area contributed by atoms with Crippen molar-refractivity contribution in [3.05, 3.63) is 64.9 Å². The average molecular weight is 292 g/mol. The number of benzene rings is 2. The Labute approximate surface area is 122 Å². The molecule has 1 amide bonds. The fraction of sp³-hybridized carbons (Fsp3) is 0.188. The highest BCUT2D eigenvalue weighted by atomic mass is 35.5. The highest BCUT2D eigenvalue weighted by molar-refractivity contribution is 6.30. The van der Waals surface area contributed by atoms with E-state index in [2.05, 4.69) is 5.32 Å². The summed E-state index contributed by atoms with van der Waals surface area (Å²) in [4.78, 5) is 12.4. The number of hydrogen-bond acceptors (Lipinski definition) is 1. The van der Waals surface area contributed by atoms with Gasteiger partial charge in [-0.1, -0.05) is 29.8 Å². The second kappa shape index (κ2) is 5.63. The molecule has 0 fully saturated rings. The maximum Gasteiger partial charge on any atom is 0.234 e. The van der Waals surface area contributed by atoms with Crippen LogP contribution in [0.4, 0.5) is 10.1 Å². The summed E-state index contributed by atoms with van der Waals surface area (Å²) in [5.41, 5.74) is 0.617. The molecule has 0 aliphatic carbocycles. The van der Waals surface area contributed by atoms with Crippen LogP contribution in [0.3, 0.4) is 0 Å². The minimum Gasteiger partial charge on any atom is -0.325 e. The molecule has 2 rings (SSSR count). The summed E-state index contributed by atoms with van der Waals surface area (Å²) < 4.78 is 13.0. The molecule has 0 unspecified atom stereocenters. The van der Waals surface area contributed by atoms with Gasteiger partial charge < -0.3 is 5.32 Å². The summed E-state index contributed by atoms with van der Waals surface area (Å²) in [6, 6.07) is 12.9. The first-order chi connectivity index (χ1) is 9.39. The predicted molar refractivity (Wildman–Crippen MR) is 79.5 cm³/mol. The van der Waals surface area contributed by atoms with Gasteiger partial charge in [-0.3, -0.25) is 4.79 Å². The zero-order chi connectivity index (χ0) is 14.8. The zero-order valence-corrected chi connectivity index (χ0v) is 12.0. The van der Waals surface area contributed by atoms with E-state index in [1.54, 1.807) is 50.2 Å². The van der Waals surface area contributed by atoms with E-state index in [1.807, 2.05) is 0 Å². The molecule has 4 heteroatoms. The SMILES string of the molecule is CC(C)(C(=O)Nc1cccc(Cl)c1)c1ccc(F)cc1. The molecule has 1 N–H and O–H groups in total. The largest absolute Gasteiger partial charge is 0.325 e. The van der Waals surface area contributed by atoms with Crippen molar-refractivity contribution in [2.45, 2.75) is 19.3 Å². The van der Waals surface area contributed by atoms with Crippen molar-refractivity contribution < 1.29 is 9.18 Å². The number of carbonyl (C=O) groups is 1. The number of anilines is 1. The molecule has 0 radical (unpaired) electrons. The predicted octanol–water partition coefficient (Wildman–Crippen LogP) is 4.40. The minimum absolute atomic E-state index is 0.175. The first kappa shape index (κ1) is 14.5. The molecule has 0 aliphatic heterocycles. The minimum atomic E-state index is -0.768. The quantitative estimate of drug-likeness (QED) is 0.892. The summed E-state index contributed by atoms with van der Waals surface area (Å²) in [6.07, 6.45) is 0. The standard InChI is InChI=1S/C16H15ClFNO/c1-16(2,11-6-8-13(18)9-7-11)15(20)19-14-5-3-4-12(17)10-14/h3-10H,1-2H3,(H,19,20). The van der Waals surface area contributed by atoms with E-state index in [0.29, 0.717) is 10.7 Å². The lowest BCUT2D eigenvalue weighted by atomic mass is 9.83. The fourth-order valence-electron chi connectivity index (χ4n) is 1.85. The fourth-order valence-corrected chi connectivity index (χ4v) is 2.04. The Hall–Kier alpha value is -1.87. The lowest BCUT2D eigenvalue weighted by molar-refractivity contribution is -0.120. The molecule has 104 valence electrons. The van der Waals surface area contributed by atoms with Gasteiger partial charge >= 0.3 is 0 Å². The van der Waals surface area contributed by atoms with Crippen molar-refractivity contribution in [2.75, 3.05) is 5.32 Å². The van der Waals surface area contributed by atoms with Crippen molar-refractivity contribution in [2.24, 2.45) is 0 Å². The molecular formula is C16H15ClFNO. The van der Waals surface area contributed by atoms with Crippen molar-refractivity contribution in [1.82, 2.24) is 0 Å². The molecule has 2 aromatic rings. The maximum atomic E-state index is 13.0. The average Bonchev–Trinajstić information content (AvgIpc) is 2.39. The molecule has 0 spiro atoms. The normalized spacial score (nSPS) is 11.2. The Morgan fingerprint density at radius 2 is 1.80 bits per heavy atom. The van der Waals surface area contributed by atoms with Crippen LogP contribution in [-0.2, 0) is 10.2 Å². The molecule has 0 aliphatic rings. The third-order valence-corrected chi connectivity index (χ3v) is 3.45. The highest BCUT2D eigenvalue weighted by Gasteiger charge is 2.29. The molecule has 2 aromatic carbocycles. The smallest absolute Gasteiger partial charge is 0.234 e. The van der Waals surface area contributed by atoms with Crippen LogP contribution in [0.25, 0.3) is 0 Å². The molecule has 0 aromatic heterocycles. The molecule has 20 heavy (non-hydrogen) atoms. The number of nitrogens with one attached hydrogen (secondary N) is 1.